The number of halogens is 1. The van der Waals surface area contributed by atoms with Gasteiger partial charge in [-0.25, -0.2) is 4.39 Å². The molecular formula is C31H31FN2O4. The predicted octanol–water partition coefficient (Wildman–Crippen LogP) is 6.91. The number of ketones is 1. The first kappa shape index (κ1) is 25.7. The lowest BCUT2D eigenvalue weighted by atomic mass is 9.91. The summed E-state index contributed by atoms with van der Waals surface area (Å²) in [5.41, 5.74) is 2.94. The second-order valence-corrected chi connectivity index (χ2v) is 9.51. The van der Waals surface area contributed by atoms with Crippen LogP contribution in [0.1, 0.15) is 53.7 Å². The monoisotopic (exact) mass is 514 g/mol. The lowest BCUT2D eigenvalue weighted by Crippen LogP contribution is -2.37. The lowest BCUT2D eigenvalue weighted by Gasteiger charge is -2.30. The van der Waals surface area contributed by atoms with E-state index in [2.05, 4.69) is 10.1 Å². The summed E-state index contributed by atoms with van der Waals surface area (Å²) in [6.45, 7) is 4.28. The Morgan fingerprint density at radius 2 is 1.92 bits per heavy atom. The molecule has 5 rings (SSSR count). The molecule has 0 saturated carbocycles. The Hall–Kier alpha value is -3.97. The summed E-state index contributed by atoms with van der Waals surface area (Å²) < 4.78 is 30.6. The summed E-state index contributed by atoms with van der Waals surface area (Å²) in [7, 11) is 0. The molecule has 0 bridgehead atoms. The highest BCUT2D eigenvalue weighted by molar-refractivity contribution is 6.00. The molecule has 0 atom stereocenters. The summed E-state index contributed by atoms with van der Waals surface area (Å²) >= 11 is 0. The number of carbonyl (C=O) groups is 1. The van der Waals surface area contributed by atoms with Gasteiger partial charge in [0.05, 0.1) is 24.1 Å². The molecule has 196 valence electrons. The first-order chi connectivity index (χ1) is 18.6. The fraction of sp³-hybridized carbons (Fsp3) is 0.290. The number of benzene rings is 3. The van der Waals surface area contributed by atoms with E-state index in [9.17, 15) is 9.18 Å². The van der Waals surface area contributed by atoms with E-state index in [0.29, 0.717) is 35.8 Å². The smallest absolute Gasteiger partial charge is 0.180 e. The van der Waals surface area contributed by atoms with Crippen molar-refractivity contribution in [2.45, 2.75) is 38.7 Å². The molecule has 1 saturated heterocycles. The van der Waals surface area contributed by atoms with Gasteiger partial charge in [0.1, 0.15) is 23.9 Å². The summed E-state index contributed by atoms with van der Waals surface area (Å²) in [6.07, 6.45) is 6.05. The van der Waals surface area contributed by atoms with Crippen LogP contribution in [0.5, 0.6) is 11.5 Å². The minimum atomic E-state index is -0.335. The third kappa shape index (κ3) is 6.11. The number of carbonyl (C=O) groups excluding carboxylic acids is 1. The topological polar surface area (TPSA) is 64.8 Å². The minimum absolute atomic E-state index is 0.000295. The lowest BCUT2D eigenvalue weighted by molar-refractivity contribution is 0.0906. The van der Waals surface area contributed by atoms with Gasteiger partial charge in [0.25, 0.3) is 0 Å². The molecule has 3 aromatic carbocycles. The van der Waals surface area contributed by atoms with Crippen molar-refractivity contribution >= 4 is 16.8 Å². The zero-order chi connectivity index (χ0) is 26.3. The second kappa shape index (κ2) is 12.0. The van der Waals surface area contributed by atoms with Gasteiger partial charge in [-0.2, -0.15) is 0 Å². The molecular weight excluding hydrogens is 483 g/mol. The number of ether oxygens (including phenoxy) is 2. The first-order valence-electron chi connectivity index (χ1n) is 13.0. The van der Waals surface area contributed by atoms with Gasteiger partial charge >= 0.3 is 0 Å². The molecule has 0 amide bonds. The number of rotatable bonds is 10. The second-order valence-electron chi connectivity index (χ2n) is 9.51. The third-order valence-electron chi connectivity index (χ3n) is 6.83. The van der Waals surface area contributed by atoms with Gasteiger partial charge in [-0.3, -0.25) is 9.69 Å². The predicted molar refractivity (Wildman–Crippen MR) is 144 cm³/mol. The molecule has 2 heterocycles. The summed E-state index contributed by atoms with van der Waals surface area (Å²) in [4.78, 5) is 15.5. The first-order valence-corrected chi connectivity index (χ1v) is 13.0. The normalized spacial score (nSPS) is 14.8. The van der Waals surface area contributed by atoms with Crippen LogP contribution in [-0.4, -0.2) is 35.5 Å². The summed E-state index contributed by atoms with van der Waals surface area (Å²) in [5, 5.41) is 5.08. The Balaban J connectivity index is 1.23. The number of hydrogen-bond donors (Lipinski definition) is 0. The van der Waals surface area contributed by atoms with Gasteiger partial charge in [-0.1, -0.05) is 42.4 Å². The fourth-order valence-corrected chi connectivity index (χ4v) is 4.76. The van der Waals surface area contributed by atoms with Crippen molar-refractivity contribution in [3.8, 4) is 11.5 Å². The summed E-state index contributed by atoms with van der Waals surface area (Å²) in [6, 6.07) is 19.8. The fourth-order valence-electron chi connectivity index (χ4n) is 4.76. The van der Waals surface area contributed by atoms with Crippen molar-refractivity contribution in [1.29, 1.82) is 0 Å². The molecule has 38 heavy (non-hydrogen) atoms. The van der Waals surface area contributed by atoms with E-state index in [1.54, 1.807) is 24.5 Å². The molecule has 6 nitrogen and oxygen atoms in total. The minimum Gasteiger partial charge on any atom is -0.489 e. The van der Waals surface area contributed by atoms with Crippen LogP contribution < -0.4 is 9.47 Å². The molecule has 1 aliphatic rings. The molecule has 4 aromatic rings. The van der Waals surface area contributed by atoms with Crippen LogP contribution in [0.15, 0.2) is 83.6 Å². The van der Waals surface area contributed by atoms with Crippen molar-refractivity contribution in [2.24, 2.45) is 0 Å². The Morgan fingerprint density at radius 3 is 2.71 bits per heavy atom. The largest absolute Gasteiger partial charge is 0.489 e. The number of piperidine rings is 1. The van der Waals surface area contributed by atoms with E-state index >= 15 is 0 Å². The maximum Gasteiger partial charge on any atom is 0.180 e. The van der Waals surface area contributed by atoms with Crippen LogP contribution in [-0.2, 0) is 6.61 Å². The van der Waals surface area contributed by atoms with Crippen LogP contribution in [0.4, 0.5) is 4.39 Å². The van der Waals surface area contributed by atoms with Gasteiger partial charge < -0.3 is 14.0 Å². The van der Waals surface area contributed by atoms with Crippen LogP contribution in [0.3, 0.4) is 0 Å². The number of Topliss-reactive ketones (excluding diaryl/α,β-unsaturated/α-hetero) is 1. The highest BCUT2D eigenvalue weighted by Gasteiger charge is 2.27. The number of hydrogen-bond acceptors (Lipinski definition) is 6. The highest BCUT2D eigenvalue weighted by Crippen LogP contribution is 2.33. The summed E-state index contributed by atoms with van der Waals surface area (Å²) in [5.74, 6) is 1.01. The highest BCUT2D eigenvalue weighted by atomic mass is 19.1. The van der Waals surface area contributed by atoms with Crippen LogP contribution in [0.2, 0.25) is 0 Å². The molecule has 0 radical (unpaired) electrons. The van der Waals surface area contributed by atoms with E-state index in [4.69, 9.17) is 14.0 Å². The van der Waals surface area contributed by atoms with Gasteiger partial charge in [0.15, 0.2) is 11.4 Å². The Bertz CT molecular complexity index is 1410. The van der Waals surface area contributed by atoms with Gasteiger partial charge in [-0.05, 0) is 68.3 Å². The van der Waals surface area contributed by atoms with Crippen LogP contribution >= 0.6 is 0 Å². The molecule has 0 spiro atoms. The van der Waals surface area contributed by atoms with Crippen molar-refractivity contribution in [3.05, 3.63) is 102 Å². The van der Waals surface area contributed by atoms with E-state index in [0.717, 1.165) is 49.0 Å². The average Bonchev–Trinajstić information content (AvgIpc) is 3.36. The molecule has 0 N–H and O–H groups in total. The molecule has 1 fully saturated rings. The van der Waals surface area contributed by atoms with E-state index in [-0.39, 0.29) is 17.5 Å². The molecule has 0 unspecified atom stereocenters. The van der Waals surface area contributed by atoms with E-state index in [1.807, 2.05) is 49.4 Å². The zero-order valence-corrected chi connectivity index (χ0v) is 21.4. The molecule has 1 aromatic heterocycles. The Morgan fingerprint density at radius 1 is 1.11 bits per heavy atom. The number of fused-ring (bicyclic) bond motifs is 1. The van der Waals surface area contributed by atoms with E-state index in [1.165, 1.54) is 12.1 Å². The average molecular weight is 515 g/mol. The SMILES string of the molecule is CCC=COc1cc(OCc2ccccc2)ccc1C(=O)CN1CCC(c2noc3cc(F)ccc23)CC1. The molecule has 1 aliphatic heterocycles. The van der Waals surface area contributed by atoms with Crippen molar-refractivity contribution in [2.75, 3.05) is 19.6 Å². The van der Waals surface area contributed by atoms with Crippen LogP contribution in [0, 0.1) is 5.82 Å². The molecule has 0 aliphatic carbocycles. The molecule has 7 heteroatoms. The van der Waals surface area contributed by atoms with Gasteiger partial charge in [0, 0.05) is 23.4 Å². The Kier molecular flexibility index (Phi) is 8.14. The van der Waals surface area contributed by atoms with Crippen molar-refractivity contribution < 1.29 is 23.2 Å². The van der Waals surface area contributed by atoms with Gasteiger partial charge in [-0.15, -0.1) is 0 Å². The maximum atomic E-state index is 13.5. The maximum absolute atomic E-state index is 13.5. The zero-order valence-electron chi connectivity index (χ0n) is 21.4. The van der Waals surface area contributed by atoms with E-state index < -0.39 is 0 Å². The Labute approximate surface area is 221 Å². The van der Waals surface area contributed by atoms with Crippen LogP contribution in [0.25, 0.3) is 11.0 Å². The quantitative estimate of drug-likeness (QED) is 0.169. The number of nitrogens with zero attached hydrogens (tertiary/aromatic N) is 2. The number of aromatic nitrogens is 1. The third-order valence-corrected chi connectivity index (χ3v) is 6.83. The number of likely N-dealkylation sites (tertiary alicyclic amines) is 1. The van der Waals surface area contributed by atoms with Crippen molar-refractivity contribution in [1.82, 2.24) is 10.1 Å². The number of allylic oxidation sites excluding steroid dienone is 1. The standard InChI is InChI=1S/C31H31FN2O4/c1-2-3-17-36-29-19-25(37-21-22-7-5-4-6-8-22)10-12-26(29)28(35)20-34-15-13-23(14-16-34)31-27-11-9-24(32)18-30(27)38-33-31/h3-12,17-19,23H,2,13-16,20-21H2,1H3. The van der Waals surface area contributed by atoms with Crippen molar-refractivity contribution in [3.63, 3.8) is 0 Å². The van der Waals surface area contributed by atoms with Gasteiger partial charge in [0.2, 0.25) is 0 Å².